The van der Waals surface area contributed by atoms with E-state index in [0.717, 1.165) is 22.4 Å². The summed E-state index contributed by atoms with van der Waals surface area (Å²) in [6.45, 7) is 0. The van der Waals surface area contributed by atoms with E-state index >= 15 is 0 Å². The summed E-state index contributed by atoms with van der Waals surface area (Å²) < 4.78 is 0. The minimum absolute atomic E-state index is 0.136. The van der Waals surface area contributed by atoms with Crippen molar-refractivity contribution >= 4 is 23.2 Å². The number of para-hydroxylation sites is 1. The van der Waals surface area contributed by atoms with Crippen molar-refractivity contribution in [2.24, 2.45) is 0 Å². The summed E-state index contributed by atoms with van der Waals surface area (Å²) in [5, 5.41) is 5.75. The van der Waals surface area contributed by atoms with Gasteiger partial charge in [0.25, 0.3) is 0 Å². The van der Waals surface area contributed by atoms with Gasteiger partial charge in [-0.3, -0.25) is 9.59 Å². The van der Waals surface area contributed by atoms with Crippen LogP contribution in [-0.2, 0) is 9.59 Å². The molecule has 4 heteroatoms. The minimum Gasteiger partial charge on any atom is -0.326 e. The van der Waals surface area contributed by atoms with E-state index in [1.807, 2.05) is 78.9 Å². The number of nitrogens with one attached hydrogen (secondary N) is 2. The van der Waals surface area contributed by atoms with Gasteiger partial charge in [-0.15, -0.1) is 0 Å². The molecule has 26 heavy (non-hydrogen) atoms. The van der Waals surface area contributed by atoms with E-state index in [-0.39, 0.29) is 18.2 Å². The molecule has 3 aromatic carbocycles. The van der Waals surface area contributed by atoms with Crippen LogP contribution in [0.5, 0.6) is 0 Å². The third kappa shape index (κ3) is 3.22. The molecular weight excluding hydrogens is 324 g/mol. The van der Waals surface area contributed by atoms with Gasteiger partial charge >= 0.3 is 0 Å². The molecule has 0 bridgehead atoms. The van der Waals surface area contributed by atoms with E-state index in [2.05, 4.69) is 10.6 Å². The Kier molecular flexibility index (Phi) is 4.23. The summed E-state index contributed by atoms with van der Waals surface area (Å²) in [6, 6.07) is 25.2. The Morgan fingerprint density at radius 3 is 2.27 bits per heavy atom. The average molecular weight is 342 g/mol. The average Bonchev–Trinajstić information content (AvgIpc) is 2.68. The fourth-order valence-electron chi connectivity index (χ4n) is 3.25. The standard InChI is InChI=1S/C22H18N2O2/c25-21-14-19(18-8-4-5-9-20(18)24-21)22(26)23-17-12-10-16(11-13-17)15-6-2-1-3-7-15/h1-13,19H,14H2,(H,23,26)(H,24,25). The van der Waals surface area contributed by atoms with Gasteiger partial charge < -0.3 is 10.6 Å². The maximum atomic E-state index is 12.7. The van der Waals surface area contributed by atoms with Crippen molar-refractivity contribution in [1.29, 1.82) is 0 Å². The van der Waals surface area contributed by atoms with E-state index in [1.165, 1.54) is 0 Å². The molecular formula is C22H18N2O2. The third-order valence-electron chi connectivity index (χ3n) is 4.58. The van der Waals surface area contributed by atoms with Crippen molar-refractivity contribution < 1.29 is 9.59 Å². The Labute approximate surface area is 151 Å². The van der Waals surface area contributed by atoms with Crippen LogP contribution in [0.4, 0.5) is 11.4 Å². The Hall–Kier alpha value is -3.40. The Morgan fingerprint density at radius 2 is 1.50 bits per heavy atom. The van der Waals surface area contributed by atoms with Crippen LogP contribution in [0.15, 0.2) is 78.9 Å². The van der Waals surface area contributed by atoms with Gasteiger partial charge in [-0.05, 0) is 34.9 Å². The number of hydrogen-bond donors (Lipinski definition) is 2. The molecule has 0 aromatic heterocycles. The summed E-state index contributed by atoms with van der Waals surface area (Å²) in [6.07, 6.45) is 0.158. The van der Waals surface area contributed by atoms with Gasteiger partial charge in [-0.25, -0.2) is 0 Å². The van der Waals surface area contributed by atoms with E-state index in [0.29, 0.717) is 5.69 Å². The first-order valence-corrected chi connectivity index (χ1v) is 8.56. The lowest BCUT2D eigenvalue weighted by molar-refractivity contribution is -0.123. The van der Waals surface area contributed by atoms with Gasteiger partial charge in [0.05, 0.1) is 5.92 Å². The molecule has 1 aliphatic rings. The van der Waals surface area contributed by atoms with E-state index in [9.17, 15) is 9.59 Å². The molecule has 4 nitrogen and oxygen atoms in total. The van der Waals surface area contributed by atoms with Crippen LogP contribution in [0, 0.1) is 0 Å². The maximum absolute atomic E-state index is 12.7. The number of carbonyl (C=O) groups is 2. The van der Waals surface area contributed by atoms with E-state index in [1.54, 1.807) is 0 Å². The van der Waals surface area contributed by atoms with Gasteiger partial charge in [0.1, 0.15) is 0 Å². The highest BCUT2D eigenvalue weighted by atomic mass is 16.2. The lowest BCUT2D eigenvalue weighted by Gasteiger charge is -2.24. The zero-order valence-electron chi connectivity index (χ0n) is 14.1. The van der Waals surface area contributed by atoms with Crippen LogP contribution >= 0.6 is 0 Å². The Bertz CT molecular complexity index is 949. The number of hydrogen-bond acceptors (Lipinski definition) is 2. The molecule has 1 aliphatic heterocycles. The number of rotatable bonds is 3. The first kappa shape index (κ1) is 16.1. The van der Waals surface area contributed by atoms with Crippen LogP contribution in [0.25, 0.3) is 11.1 Å². The number of carbonyl (C=O) groups excluding carboxylic acids is 2. The first-order chi connectivity index (χ1) is 12.7. The molecule has 0 radical (unpaired) electrons. The highest BCUT2D eigenvalue weighted by molar-refractivity contribution is 6.05. The monoisotopic (exact) mass is 342 g/mol. The van der Waals surface area contributed by atoms with Crippen LogP contribution in [0.1, 0.15) is 17.9 Å². The molecule has 0 aliphatic carbocycles. The first-order valence-electron chi connectivity index (χ1n) is 8.56. The van der Waals surface area contributed by atoms with Crippen LogP contribution in [0.2, 0.25) is 0 Å². The van der Waals surface area contributed by atoms with Gasteiger partial charge in [0, 0.05) is 17.8 Å². The molecule has 1 unspecified atom stereocenters. The normalized spacial score (nSPS) is 15.7. The topological polar surface area (TPSA) is 58.2 Å². The van der Waals surface area contributed by atoms with Crippen molar-refractivity contribution in [1.82, 2.24) is 0 Å². The van der Waals surface area contributed by atoms with Crippen LogP contribution < -0.4 is 10.6 Å². The molecule has 2 N–H and O–H groups in total. The van der Waals surface area contributed by atoms with Crippen molar-refractivity contribution in [2.75, 3.05) is 10.6 Å². The lowest BCUT2D eigenvalue weighted by atomic mass is 9.90. The molecule has 1 heterocycles. The zero-order chi connectivity index (χ0) is 17.9. The summed E-state index contributed by atoms with van der Waals surface area (Å²) in [7, 11) is 0. The summed E-state index contributed by atoms with van der Waals surface area (Å²) in [5.41, 5.74) is 4.50. The second-order valence-corrected chi connectivity index (χ2v) is 6.32. The fourth-order valence-corrected chi connectivity index (χ4v) is 3.25. The number of benzene rings is 3. The lowest BCUT2D eigenvalue weighted by Crippen LogP contribution is -2.30. The van der Waals surface area contributed by atoms with Gasteiger partial charge in [0.2, 0.25) is 11.8 Å². The zero-order valence-corrected chi connectivity index (χ0v) is 14.1. The Morgan fingerprint density at radius 1 is 0.846 bits per heavy atom. The smallest absolute Gasteiger partial charge is 0.232 e. The molecule has 4 rings (SSSR count). The predicted molar refractivity (Wildman–Crippen MR) is 103 cm³/mol. The molecule has 2 amide bonds. The minimum atomic E-state index is -0.478. The number of fused-ring (bicyclic) bond motifs is 1. The second kappa shape index (κ2) is 6.84. The van der Waals surface area contributed by atoms with Crippen molar-refractivity contribution in [3.05, 3.63) is 84.4 Å². The van der Waals surface area contributed by atoms with Gasteiger partial charge in [-0.2, -0.15) is 0 Å². The fraction of sp³-hybridized carbons (Fsp3) is 0.0909. The number of anilines is 2. The summed E-state index contributed by atoms with van der Waals surface area (Å²) in [4.78, 5) is 24.6. The van der Waals surface area contributed by atoms with Crippen LogP contribution in [-0.4, -0.2) is 11.8 Å². The van der Waals surface area contributed by atoms with Gasteiger partial charge in [-0.1, -0.05) is 60.7 Å². The molecule has 128 valence electrons. The third-order valence-corrected chi connectivity index (χ3v) is 4.58. The van der Waals surface area contributed by atoms with Crippen molar-refractivity contribution in [3.8, 4) is 11.1 Å². The van der Waals surface area contributed by atoms with Crippen molar-refractivity contribution in [3.63, 3.8) is 0 Å². The Balaban J connectivity index is 1.53. The molecule has 0 fully saturated rings. The van der Waals surface area contributed by atoms with Crippen molar-refractivity contribution in [2.45, 2.75) is 12.3 Å². The van der Waals surface area contributed by atoms with E-state index < -0.39 is 5.92 Å². The molecule has 0 saturated heterocycles. The van der Waals surface area contributed by atoms with E-state index in [4.69, 9.17) is 0 Å². The maximum Gasteiger partial charge on any atom is 0.232 e. The molecule has 3 aromatic rings. The second-order valence-electron chi connectivity index (χ2n) is 6.32. The molecule has 1 atom stereocenters. The van der Waals surface area contributed by atoms with Crippen LogP contribution in [0.3, 0.4) is 0 Å². The molecule has 0 saturated carbocycles. The van der Waals surface area contributed by atoms with Gasteiger partial charge in [0.15, 0.2) is 0 Å². The number of amides is 2. The SMILES string of the molecule is O=C1CC(C(=O)Nc2ccc(-c3ccccc3)cc2)c2ccccc2N1. The summed E-state index contributed by atoms with van der Waals surface area (Å²) >= 11 is 0. The highest BCUT2D eigenvalue weighted by Gasteiger charge is 2.30. The predicted octanol–water partition coefficient (Wildman–Crippen LogP) is 4.42. The largest absolute Gasteiger partial charge is 0.326 e. The molecule has 0 spiro atoms. The summed E-state index contributed by atoms with van der Waals surface area (Å²) in [5.74, 6) is -0.781. The highest BCUT2D eigenvalue weighted by Crippen LogP contribution is 2.33. The quantitative estimate of drug-likeness (QED) is 0.740.